The molecule has 0 amide bonds. The topological polar surface area (TPSA) is 56.8 Å². The minimum Gasteiger partial charge on any atom is -0.314 e. The fourth-order valence-corrected chi connectivity index (χ4v) is 3.32. The zero-order valence-electron chi connectivity index (χ0n) is 10.9. The molecule has 1 aromatic rings. The van der Waals surface area contributed by atoms with E-state index in [0.29, 0.717) is 0 Å². The molecule has 3 heterocycles. The lowest BCUT2D eigenvalue weighted by Crippen LogP contribution is -2.45. The first-order valence-electron chi connectivity index (χ1n) is 7.23. The van der Waals surface area contributed by atoms with Crippen molar-refractivity contribution in [1.82, 2.24) is 25.4 Å². The molecule has 0 radical (unpaired) electrons. The van der Waals surface area contributed by atoms with Gasteiger partial charge in [0.1, 0.15) is 12.2 Å². The van der Waals surface area contributed by atoms with E-state index >= 15 is 0 Å². The van der Waals surface area contributed by atoms with Crippen molar-refractivity contribution in [2.24, 2.45) is 0 Å². The van der Waals surface area contributed by atoms with Gasteiger partial charge in [0.25, 0.3) is 0 Å². The SMILES string of the molecule is c1n[nH]c(CCCNC2CCN3CCCC3C2)n1. The summed E-state index contributed by atoms with van der Waals surface area (Å²) in [5, 5.41) is 10.5. The van der Waals surface area contributed by atoms with E-state index in [9.17, 15) is 0 Å². The molecule has 1 aromatic heterocycles. The van der Waals surface area contributed by atoms with Crippen molar-refractivity contribution < 1.29 is 0 Å². The van der Waals surface area contributed by atoms with Crippen LogP contribution in [0.4, 0.5) is 0 Å². The molecule has 0 saturated carbocycles. The first kappa shape index (κ1) is 12.1. The minimum atomic E-state index is 0.735. The first-order valence-corrected chi connectivity index (χ1v) is 7.23. The molecule has 5 nitrogen and oxygen atoms in total. The van der Waals surface area contributed by atoms with Crippen LogP contribution in [-0.4, -0.2) is 51.8 Å². The normalized spacial score (nSPS) is 28.4. The van der Waals surface area contributed by atoms with E-state index < -0.39 is 0 Å². The van der Waals surface area contributed by atoms with Crippen LogP contribution in [0.2, 0.25) is 0 Å². The molecule has 2 N–H and O–H groups in total. The molecule has 0 spiro atoms. The number of rotatable bonds is 5. The maximum Gasteiger partial charge on any atom is 0.137 e. The van der Waals surface area contributed by atoms with Crippen LogP contribution >= 0.6 is 0 Å². The lowest BCUT2D eigenvalue weighted by atomic mass is 9.97. The van der Waals surface area contributed by atoms with E-state index in [0.717, 1.165) is 37.3 Å². The Balaban J connectivity index is 1.34. The average Bonchev–Trinajstić information content (AvgIpc) is 3.05. The summed E-state index contributed by atoms with van der Waals surface area (Å²) in [4.78, 5) is 6.82. The van der Waals surface area contributed by atoms with Crippen LogP contribution in [0, 0.1) is 0 Å². The molecule has 2 saturated heterocycles. The molecule has 100 valence electrons. The van der Waals surface area contributed by atoms with E-state index in [2.05, 4.69) is 25.4 Å². The molecule has 18 heavy (non-hydrogen) atoms. The van der Waals surface area contributed by atoms with Crippen LogP contribution in [0.25, 0.3) is 0 Å². The van der Waals surface area contributed by atoms with Crippen molar-refractivity contribution in [3.63, 3.8) is 0 Å². The van der Waals surface area contributed by atoms with Gasteiger partial charge in [0.2, 0.25) is 0 Å². The number of fused-ring (bicyclic) bond motifs is 1. The molecular weight excluding hydrogens is 226 g/mol. The minimum absolute atomic E-state index is 0.735. The fraction of sp³-hybridized carbons (Fsp3) is 0.846. The number of H-pyrrole nitrogens is 1. The highest BCUT2D eigenvalue weighted by Crippen LogP contribution is 2.26. The zero-order valence-corrected chi connectivity index (χ0v) is 10.9. The molecule has 0 aliphatic carbocycles. The highest BCUT2D eigenvalue weighted by atomic mass is 15.2. The van der Waals surface area contributed by atoms with Gasteiger partial charge in [-0.1, -0.05) is 0 Å². The number of piperidine rings is 1. The predicted octanol–water partition coefficient (Wildman–Crippen LogP) is 0.954. The van der Waals surface area contributed by atoms with Crippen molar-refractivity contribution in [2.75, 3.05) is 19.6 Å². The summed E-state index contributed by atoms with van der Waals surface area (Å²) in [6.45, 7) is 3.73. The Kier molecular flexibility index (Phi) is 3.90. The van der Waals surface area contributed by atoms with Crippen LogP contribution < -0.4 is 5.32 Å². The Bertz CT molecular complexity index is 350. The molecule has 5 heteroatoms. The highest BCUT2D eigenvalue weighted by Gasteiger charge is 2.31. The maximum absolute atomic E-state index is 4.14. The number of hydrogen-bond acceptors (Lipinski definition) is 4. The van der Waals surface area contributed by atoms with Gasteiger partial charge in [-0.3, -0.25) is 5.10 Å². The number of hydrogen-bond donors (Lipinski definition) is 2. The second-order valence-corrected chi connectivity index (χ2v) is 5.54. The third-order valence-electron chi connectivity index (χ3n) is 4.31. The van der Waals surface area contributed by atoms with Gasteiger partial charge in [-0.25, -0.2) is 4.98 Å². The largest absolute Gasteiger partial charge is 0.314 e. The van der Waals surface area contributed by atoms with Gasteiger partial charge in [-0.15, -0.1) is 0 Å². The van der Waals surface area contributed by atoms with E-state index in [1.54, 1.807) is 6.33 Å². The van der Waals surface area contributed by atoms with E-state index in [4.69, 9.17) is 0 Å². The second-order valence-electron chi connectivity index (χ2n) is 5.54. The van der Waals surface area contributed by atoms with Crippen LogP contribution in [-0.2, 0) is 6.42 Å². The van der Waals surface area contributed by atoms with Gasteiger partial charge < -0.3 is 10.2 Å². The molecule has 2 atom stereocenters. The van der Waals surface area contributed by atoms with Gasteiger partial charge in [0.05, 0.1) is 0 Å². The predicted molar refractivity (Wildman–Crippen MR) is 70.3 cm³/mol. The molecule has 2 aliphatic heterocycles. The molecule has 2 aliphatic rings. The Labute approximate surface area is 108 Å². The third kappa shape index (κ3) is 2.90. The smallest absolute Gasteiger partial charge is 0.137 e. The summed E-state index contributed by atoms with van der Waals surface area (Å²) in [7, 11) is 0. The summed E-state index contributed by atoms with van der Waals surface area (Å²) in [6, 6.07) is 1.60. The summed E-state index contributed by atoms with van der Waals surface area (Å²) < 4.78 is 0. The van der Waals surface area contributed by atoms with Gasteiger partial charge in [-0.05, 0) is 51.7 Å². The van der Waals surface area contributed by atoms with Gasteiger partial charge in [0, 0.05) is 18.5 Å². The molecule has 2 unspecified atom stereocenters. The van der Waals surface area contributed by atoms with E-state index in [1.165, 1.54) is 38.8 Å². The molecule has 2 fully saturated rings. The monoisotopic (exact) mass is 249 g/mol. The van der Waals surface area contributed by atoms with Crippen molar-refractivity contribution >= 4 is 0 Å². The van der Waals surface area contributed by atoms with E-state index in [1.807, 2.05) is 0 Å². The number of nitrogens with one attached hydrogen (secondary N) is 2. The number of aromatic amines is 1. The Hall–Kier alpha value is -0.940. The van der Waals surface area contributed by atoms with Crippen LogP contribution in [0.3, 0.4) is 0 Å². The van der Waals surface area contributed by atoms with Crippen LogP contribution in [0.15, 0.2) is 6.33 Å². The fourth-order valence-electron chi connectivity index (χ4n) is 3.32. The number of aromatic nitrogens is 3. The van der Waals surface area contributed by atoms with Gasteiger partial charge in [-0.2, -0.15) is 5.10 Å². The number of aryl methyl sites for hydroxylation is 1. The van der Waals surface area contributed by atoms with Crippen LogP contribution in [0.5, 0.6) is 0 Å². The van der Waals surface area contributed by atoms with Crippen molar-refractivity contribution in [1.29, 1.82) is 0 Å². The first-order chi connectivity index (χ1) is 8.92. The Morgan fingerprint density at radius 3 is 3.28 bits per heavy atom. The van der Waals surface area contributed by atoms with Gasteiger partial charge in [0.15, 0.2) is 0 Å². The maximum atomic E-state index is 4.14. The van der Waals surface area contributed by atoms with Crippen molar-refractivity contribution in [3.05, 3.63) is 12.2 Å². The number of nitrogens with zero attached hydrogens (tertiary/aromatic N) is 3. The summed E-state index contributed by atoms with van der Waals surface area (Å²) >= 11 is 0. The van der Waals surface area contributed by atoms with E-state index in [-0.39, 0.29) is 0 Å². The summed E-state index contributed by atoms with van der Waals surface area (Å²) in [6.07, 6.45) is 9.20. The lowest BCUT2D eigenvalue weighted by Gasteiger charge is -2.35. The van der Waals surface area contributed by atoms with Crippen molar-refractivity contribution in [2.45, 2.75) is 50.6 Å². The Morgan fingerprint density at radius 2 is 2.39 bits per heavy atom. The zero-order chi connectivity index (χ0) is 12.2. The third-order valence-corrected chi connectivity index (χ3v) is 4.31. The second kappa shape index (κ2) is 5.80. The lowest BCUT2D eigenvalue weighted by molar-refractivity contribution is 0.167. The molecule has 0 bridgehead atoms. The Morgan fingerprint density at radius 1 is 1.39 bits per heavy atom. The van der Waals surface area contributed by atoms with Crippen molar-refractivity contribution in [3.8, 4) is 0 Å². The highest BCUT2D eigenvalue weighted by molar-refractivity contribution is 4.89. The molecule has 3 rings (SSSR count). The standard InChI is InChI=1S/C13H23N5/c1(4-13-15-10-16-17-13)6-14-11-5-8-18-7-2-3-12(18)9-11/h10-12,14H,1-9H2,(H,15,16,17). The summed E-state index contributed by atoms with van der Waals surface area (Å²) in [5.74, 6) is 1.00. The van der Waals surface area contributed by atoms with Gasteiger partial charge >= 0.3 is 0 Å². The van der Waals surface area contributed by atoms with Crippen LogP contribution in [0.1, 0.15) is 37.9 Å². The average molecular weight is 249 g/mol. The molecular formula is C13H23N5. The quantitative estimate of drug-likeness (QED) is 0.763. The summed E-state index contributed by atoms with van der Waals surface area (Å²) in [5.41, 5.74) is 0. The molecule has 0 aromatic carbocycles.